The van der Waals surface area contributed by atoms with Gasteiger partial charge in [-0.05, 0) is 5.56 Å². The van der Waals surface area contributed by atoms with Gasteiger partial charge < -0.3 is 10.2 Å². The number of benzene rings is 1. The van der Waals surface area contributed by atoms with Crippen LogP contribution in [-0.2, 0) is 6.54 Å². The molecule has 4 nitrogen and oxygen atoms in total. The molecular weight excluding hydrogens is 276 g/mol. The van der Waals surface area contributed by atoms with Crippen molar-refractivity contribution >= 4 is 28.2 Å². The highest BCUT2D eigenvalue weighted by Gasteiger charge is 2.05. The van der Waals surface area contributed by atoms with Gasteiger partial charge >= 0.3 is 0 Å². The van der Waals surface area contributed by atoms with Crippen molar-refractivity contribution < 1.29 is 0 Å². The van der Waals surface area contributed by atoms with E-state index in [1.54, 1.807) is 23.1 Å². The van der Waals surface area contributed by atoms with Crippen molar-refractivity contribution in [2.75, 3.05) is 31.3 Å². The molecule has 0 spiro atoms. The minimum atomic E-state index is 0.917. The Labute approximate surface area is 122 Å². The minimum absolute atomic E-state index is 0.917. The quantitative estimate of drug-likeness (QED) is 0.627. The van der Waals surface area contributed by atoms with E-state index in [1.807, 2.05) is 25.1 Å². The fraction of sp³-hybridized carbons (Fsp3) is 0.385. The van der Waals surface area contributed by atoms with Gasteiger partial charge in [0.25, 0.3) is 0 Å². The molecule has 1 N–H and O–H groups in total. The first kappa shape index (κ1) is 14.3. The van der Waals surface area contributed by atoms with E-state index >= 15 is 0 Å². The molecule has 0 unspecified atom stereocenters. The third-order valence-corrected chi connectivity index (χ3v) is 4.68. The first-order chi connectivity index (χ1) is 9.25. The largest absolute Gasteiger partial charge is 0.353 e. The van der Waals surface area contributed by atoms with Gasteiger partial charge in [0, 0.05) is 32.9 Å². The minimum Gasteiger partial charge on any atom is -0.353 e. The monoisotopic (exact) mass is 294 g/mol. The third kappa shape index (κ3) is 4.81. The Morgan fingerprint density at radius 1 is 1.21 bits per heavy atom. The van der Waals surface area contributed by atoms with E-state index in [0.29, 0.717) is 0 Å². The van der Waals surface area contributed by atoms with Crippen LogP contribution in [0.3, 0.4) is 0 Å². The molecule has 0 fully saturated rings. The topological polar surface area (TPSA) is 41.1 Å². The number of thioether (sulfide) groups is 1. The zero-order valence-corrected chi connectivity index (χ0v) is 12.8. The number of nitrogens with zero attached hydrogens (tertiary/aromatic N) is 3. The molecule has 0 aliphatic heterocycles. The molecule has 6 heteroatoms. The molecule has 0 radical (unpaired) electrons. The molecule has 1 aromatic heterocycles. The molecule has 2 aromatic rings. The van der Waals surface area contributed by atoms with Crippen LogP contribution in [0, 0.1) is 0 Å². The molecule has 0 aliphatic carbocycles. The zero-order valence-electron chi connectivity index (χ0n) is 11.2. The molecule has 0 aliphatic rings. The lowest BCUT2D eigenvalue weighted by Crippen LogP contribution is -2.16. The van der Waals surface area contributed by atoms with Crippen LogP contribution in [0.25, 0.3) is 0 Å². The van der Waals surface area contributed by atoms with Crippen LogP contribution < -0.4 is 10.2 Å². The highest BCUT2D eigenvalue weighted by molar-refractivity contribution is 8.01. The van der Waals surface area contributed by atoms with E-state index in [4.69, 9.17) is 0 Å². The lowest BCUT2D eigenvalue weighted by molar-refractivity contribution is 0.732. The van der Waals surface area contributed by atoms with Gasteiger partial charge in [-0.25, -0.2) is 0 Å². The smallest absolute Gasteiger partial charge is 0.208 e. The van der Waals surface area contributed by atoms with Crippen LogP contribution in [0.15, 0.2) is 34.7 Å². The summed E-state index contributed by atoms with van der Waals surface area (Å²) in [5, 5.41) is 12.7. The molecule has 0 atom stereocenters. The van der Waals surface area contributed by atoms with E-state index in [1.165, 1.54) is 5.56 Å². The van der Waals surface area contributed by atoms with Gasteiger partial charge in [0.15, 0.2) is 4.34 Å². The maximum atomic E-state index is 4.16. The molecule has 1 aromatic carbocycles. The van der Waals surface area contributed by atoms with Crippen LogP contribution >= 0.6 is 23.1 Å². The number of hydrogen-bond acceptors (Lipinski definition) is 6. The molecule has 0 saturated heterocycles. The van der Waals surface area contributed by atoms with E-state index in [0.717, 1.165) is 28.3 Å². The fourth-order valence-electron chi connectivity index (χ4n) is 1.48. The van der Waals surface area contributed by atoms with Crippen molar-refractivity contribution in [2.24, 2.45) is 0 Å². The number of nitrogens with one attached hydrogen (secondary N) is 1. The molecule has 102 valence electrons. The second-order valence-corrected chi connectivity index (χ2v) is 6.55. The van der Waals surface area contributed by atoms with E-state index in [9.17, 15) is 0 Å². The van der Waals surface area contributed by atoms with Crippen LogP contribution in [0.5, 0.6) is 0 Å². The number of anilines is 1. The van der Waals surface area contributed by atoms with Crippen molar-refractivity contribution in [3.05, 3.63) is 35.9 Å². The summed E-state index contributed by atoms with van der Waals surface area (Å²) in [6.45, 7) is 1.89. The Bertz CT molecular complexity index is 484. The number of aromatic nitrogens is 2. The van der Waals surface area contributed by atoms with Gasteiger partial charge in [0.05, 0.1) is 0 Å². The second-order valence-electron chi connectivity index (χ2n) is 4.26. The second kappa shape index (κ2) is 7.47. The first-order valence-electron chi connectivity index (χ1n) is 6.14. The van der Waals surface area contributed by atoms with Crippen LogP contribution in [0.1, 0.15) is 5.56 Å². The summed E-state index contributed by atoms with van der Waals surface area (Å²) >= 11 is 3.38. The lowest BCUT2D eigenvalue weighted by atomic mass is 10.2. The normalized spacial score (nSPS) is 10.6. The summed E-state index contributed by atoms with van der Waals surface area (Å²) in [6, 6.07) is 10.4. The summed E-state index contributed by atoms with van der Waals surface area (Å²) in [6.07, 6.45) is 0. The Kier molecular flexibility index (Phi) is 5.62. The van der Waals surface area contributed by atoms with Crippen molar-refractivity contribution in [3.8, 4) is 0 Å². The van der Waals surface area contributed by atoms with Crippen molar-refractivity contribution in [3.63, 3.8) is 0 Å². The van der Waals surface area contributed by atoms with Gasteiger partial charge in [-0.1, -0.05) is 53.4 Å². The SMILES string of the molecule is CN(C)c1nnc(SCCNCc2ccccc2)s1. The van der Waals surface area contributed by atoms with Gasteiger partial charge in [0.1, 0.15) is 0 Å². The van der Waals surface area contributed by atoms with Crippen LogP contribution in [-0.4, -0.2) is 36.6 Å². The fourth-order valence-corrected chi connectivity index (χ4v) is 3.21. The standard InChI is InChI=1S/C13H18N4S2/c1-17(2)12-15-16-13(19-12)18-9-8-14-10-11-6-4-3-5-7-11/h3-7,14H,8-10H2,1-2H3. The van der Waals surface area contributed by atoms with Crippen molar-refractivity contribution in [1.82, 2.24) is 15.5 Å². The van der Waals surface area contributed by atoms with Crippen LogP contribution in [0.4, 0.5) is 5.13 Å². The van der Waals surface area contributed by atoms with Crippen LogP contribution in [0.2, 0.25) is 0 Å². The lowest BCUT2D eigenvalue weighted by Gasteiger charge is -2.04. The van der Waals surface area contributed by atoms with E-state index < -0.39 is 0 Å². The van der Waals surface area contributed by atoms with Gasteiger partial charge in [0.2, 0.25) is 5.13 Å². The molecule has 19 heavy (non-hydrogen) atoms. The summed E-state index contributed by atoms with van der Waals surface area (Å²) in [4.78, 5) is 1.98. The predicted octanol–water partition coefficient (Wildman–Crippen LogP) is 2.49. The molecule has 1 heterocycles. The van der Waals surface area contributed by atoms with Gasteiger partial charge in [-0.3, -0.25) is 0 Å². The number of hydrogen-bond donors (Lipinski definition) is 1. The first-order valence-corrected chi connectivity index (χ1v) is 7.94. The molecular formula is C13H18N4S2. The zero-order chi connectivity index (χ0) is 13.5. The predicted molar refractivity (Wildman–Crippen MR) is 83.1 cm³/mol. The highest BCUT2D eigenvalue weighted by atomic mass is 32.2. The summed E-state index contributed by atoms with van der Waals surface area (Å²) in [5.41, 5.74) is 1.32. The molecule has 0 amide bonds. The molecule has 0 bridgehead atoms. The summed E-state index contributed by atoms with van der Waals surface area (Å²) in [7, 11) is 3.97. The summed E-state index contributed by atoms with van der Waals surface area (Å²) in [5.74, 6) is 1.01. The molecule has 0 saturated carbocycles. The van der Waals surface area contributed by atoms with E-state index in [-0.39, 0.29) is 0 Å². The molecule has 2 rings (SSSR count). The van der Waals surface area contributed by atoms with Gasteiger partial charge in [-0.15, -0.1) is 10.2 Å². The average molecular weight is 294 g/mol. The van der Waals surface area contributed by atoms with Crippen molar-refractivity contribution in [2.45, 2.75) is 10.9 Å². The van der Waals surface area contributed by atoms with E-state index in [2.05, 4.69) is 39.8 Å². The Hall–Kier alpha value is -1.11. The third-order valence-electron chi connectivity index (χ3n) is 2.45. The average Bonchev–Trinajstić information content (AvgIpc) is 2.89. The Balaban J connectivity index is 1.64. The summed E-state index contributed by atoms with van der Waals surface area (Å²) < 4.78 is 1.03. The number of rotatable bonds is 7. The Morgan fingerprint density at radius 2 is 2.00 bits per heavy atom. The van der Waals surface area contributed by atoms with Crippen molar-refractivity contribution in [1.29, 1.82) is 0 Å². The highest BCUT2D eigenvalue weighted by Crippen LogP contribution is 2.26. The Morgan fingerprint density at radius 3 is 2.68 bits per heavy atom. The maximum Gasteiger partial charge on any atom is 0.208 e. The van der Waals surface area contributed by atoms with Gasteiger partial charge in [-0.2, -0.15) is 0 Å². The maximum absolute atomic E-state index is 4.16.